The number of hydrogen-bond acceptors (Lipinski definition) is 7. The van der Waals surface area contributed by atoms with E-state index in [1.54, 1.807) is 36.4 Å². The normalized spacial score (nSPS) is 16.3. The molecule has 9 heteroatoms. The number of rotatable bonds is 3. The Hall–Kier alpha value is -3.75. The van der Waals surface area contributed by atoms with Crippen LogP contribution in [0.3, 0.4) is 0 Å². The topological polar surface area (TPSA) is 97.9 Å². The van der Waals surface area contributed by atoms with Gasteiger partial charge in [0.15, 0.2) is 5.82 Å². The van der Waals surface area contributed by atoms with Crippen LogP contribution in [0.25, 0.3) is 22.2 Å². The summed E-state index contributed by atoms with van der Waals surface area (Å²) in [4.78, 5) is 32.2. The molecule has 4 heterocycles. The van der Waals surface area contributed by atoms with Gasteiger partial charge < -0.3 is 9.42 Å². The molecule has 0 radical (unpaired) electrons. The highest BCUT2D eigenvalue weighted by atomic mass is 19.1. The summed E-state index contributed by atoms with van der Waals surface area (Å²) in [6.07, 6.45) is 6.21. The standard InChI is InChI=1S/C21H17FN6O2/c1-12-25-20(30-27-12)19-3-2-6-28(19)21(29)16-8-18(13-9-23-11-24-10-13)26-17-5-4-14(22)7-15(16)17/h4-5,7-11,19H,2-3,6H2,1H3/t19-/m1/s1. The molecule has 4 aromatic rings. The molecule has 0 N–H and O–H groups in total. The van der Waals surface area contributed by atoms with Gasteiger partial charge in [-0.25, -0.2) is 19.3 Å². The van der Waals surface area contributed by atoms with Gasteiger partial charge in [0, 0.05) is 29.9 Å². The van der Waals surface area contributed by atoms with Crippen LogP contribution < -0.4 is 0 Å². The molecule has 0 unspecified atom stereocenters. The van der Waals surface area contributed by atoms with Crippen molar-refractivity contribution in [3.63, 3.8) is 0 Å². The summed E-state index contributed by atoms with van der Waals surface area (Å²) >= 11 is 0. The number of hydrogen-bond donors (Lipinski definition) is 0. The van der Waals surface area contributed by atoms with Gasteiger partial charge in [-0.15, -0.1) is 0 Å². The monoisotopic (exact) mass is 404 g/mol. The summed E-state index contributed by atoms with van der Waals surface area (Å²) in [5.41, 5.74) is 2.10. The number of likely N-dealkylation sites (tertiary alicyclic amines) is 1. The van der Waals surface area contributed by atoms with Crippen LogP contribution in [0.1, 0.15) is 41.0 Å². The highest BCUT2D eigenvalue weighted by Gasteiger charge is 2.35. The van der Waals surface area contributed by atoms with Crippen molar-refractivity contribution in [1.82, 2.24) is 30.0 Å². The average Bonchev–Trinajstić information content (AvgIpc) is 3.42. The van der Waals surface area contributed by atoms with Gasteiger partial charge >= 0.3 is 0 Å². The smallest absolute Gasteiger partial charge is 0.255 e. The quantitative estimate of drug-likeness (QED) is 0.515. The fourth-order valence-corrected chi connectivity index (χ4v) is 3.82. The van der Waals surface area contributed by atoms with E-state index in [0.717, 1.165) is 12.8 Å². The van der Waals surface area contributed by atoms with Gasteiger partial charge in [-0.3, -0.25) is 4.79 Å². The second kappa shape index (κ2) is 7.25. The summed E-state index contributed by atoms with van der Waals surface area (Å²) in [5.74, 6) is 0.274. The van der Waals surface area contributed by atoms with E-state index in [9.17, 15) is 9.18 Å². The zero-order valence-corrected chi connectivity index (χ0v) is 16.1. The Bertz CT molecular complexity index is 1240. The van der Waals surface area contributed by atoms with Crippen LogP contribution in [0.5, 0.6) is 0 Å². The van der Waals surface area contributed by atoms with Gasteiger partial charge in [0.1, 0.15) is 18.2 Å². The Morgan fingerprint density at radius 3 is 2.80 bits per heavy atom. The van der Waals surface area contributed by atoms with E-state index in [2.05, 4.69) is 25.1 Å². The molecule has 1 aromatic carbocycles. The van der Waals surface area contributed by atoms with Gasteiger partial charge in [0.25, 0.3) is 5.91 Å². The zero-order valence-electron chi connectivity index (χ0n) is 16.1. The maximum Gasteiger partial charge on any atom is 0.255 e. The zero-order chi connectivity index (χ0) is 20.7. The molecule has 0 saturated carbocycles. The molecule has 0 bridgehead atoms. The van der Waals surface area contributed by atoms with E-state index in [1.165, 1.54) is 18.5 Å². The third-order valence-electron chi connectivity index (χ3n) is 5.20. The first-order valence-electron chi connectivity index (χ1n) is 9.57. The lowest BCUT2D eigenvalue weighted by Crippen LogP contribution is -2.31. The Kier molecular flexibility index (Phi) is 4.42. The van der Waals surface area contributed by atoms with Crippen molar-refractivity contribution in [3.8, 4) is 11.3 Å². The van der Waals surface area contributed by atoms with E-state index in [0.29, 0.717) is 46.0 Å². The van der Waals surface area contributed by atoms with Gasteiger partial charge in [-0.1, -0.05) is 5.16 Å². The Morgan fingerprint density at radius 2 is 2.03 bits per heavy atom. The minimum atomic E-state index is -0.431. The second-order valence-corrected chi connectivity index (χ2v) is 7.18. The fraction of sp³-hybridized carbons (Fsp3) is 0.238. The van der Waals surface area contributed by atoms with Crippen molar-refractivity contribution < 1.29 is 13.7 Å². The van der Waals surface area contributed by atoms with Crippen molar-refractivity contribution in [2.75, 3.05) is 6.54 Å². The average molecular weight is 404 g/mol. The van der Waals surface area contributed by atoms with Crippen LogP contribution in [-0.4, -0.2) is 42.4 Å². The van der Waals surface area contributed by atoms with Crippen LogP contribution in [0.4, 0.5) is 4.39 Å². The number of nitrogens with zero attached hydrogens (tertiary/aromatic N) is 6. The summed E-state index contributed by atoms with van der Waals surface area (Å²) in [6.45, 7) is 2.29. The maximum atomic E-state index is 14.0. The predicted octanol–water partition coefficient (Wildman–Crippen LogP) is 3.50. The summed E-state index contributed by atoms with van der Waals surface area (Å²) in [5, 5.41) is 4.30. The van der Waals surface area contributed by atoms with E-state index < -0.39 is 5.82 Å². The SMILES string of the molecule is Cc1noc([C@H]2CCCN2C(=O)c2cc(-c3cncnc3)nc3ccc(F)cc23)n1. The van der Waals surface area contributed by atoms with Crippen molar-refractivity contribution in [2.24, 2.45) is 0 Å². The molecule has 0 aliphatic carbocycles. The number of halogens is 1. The number of amides is 1. The first-order chi connectivity index (χ1) is 14.6. The number of fused-ring (bicyclic) bond motifs is 1. The summed E-state index contributed by atoms with van der Waals surface area (Å²) < 4.78 is 19.3. The minimum absolute atomic E-state index is 0.232. The van der Waals surface area contributed by atoms with E-state index in [-0.39, 0.29) is 11.9 Å². The predicted molar refractivity (Wildman–Crippen MR) is 105 cm³/mol. The number of carbonyl (C=O) groups excluding carboxylic acids is 1. The molecule has 150 valence electrons. The van der Waals surface area contributed by atoms with Crippen molar-refractivity contribution in [2.45, 2.75) is 25.8 Å². The molecule has 1 amide bonds. The molecule has 8 nitrogen and oxygen atoms in total. The number of benzene rings is 1. The minimum Gasteiger partial charge on any atom is -0.337 e. The third kappa shape index (κ3) is 3.18. The first-order valence-corrected chi connectivity index (χ1v) is 9.57. The molecule has 1 aliphatic rings. The molecule has 5 rings (SSSR count). The van der Waals surface area contributed by atoms with E-state index in [1.807, 2.05) is 0 Å². The lowest BCUT2D eigenvalue weighted by molar-refractivity contribution is 0.0712. The molecule has 0 spiro atoms. The number of aromatic nitrogens is 5. The highest BCUT2D eigenvalue weighted by Crippen LogP contribution is 2.34. The van der Waals surface area contributed by atoms with Gasteiger partial charge in [0.05, 0.1) is 16.8 Å². The van der Waals surface area contributed by atoms with Crippen LogP contribution in [0.15, 0.2) is 47.5 Å². The number of carbonyl (C=O) groups is 1. The first kappa shape index (κ1) is 18.3. The van der Waals surface area contributed by atoms with Crippen LogP contribution in [-0.2, 0) is 0 Å². The van der Waals surface area contributed by atoms with Gasteiger partial charge in [-0.05, 0) is 44.0 Å². The summed E-state index contributed by atoms with van der Waals surface area (Å²) in [6, 6.07) is 5.59. The Balaban J connectivity index is 1.63. The molecule has 1 saturated heterocycles. The second-order valence-electron chi connectivity index (χ2n) is 7.18. The molecular weight excluding hydrogens is 387 g/mol. The lowest BCUT2D eigenvalue weighted by atomic mass is 10.0. The molecule has 1 fully saturated rings. The fourth-order valence-electron chi connectivity index (χ4n) is 3.82. The highest BCUT2D eigenvalue weighted by molar-refractivity contribution is 6.07. The van der Waals surface area contributed by atoms with Crippen LogP contribution in [0, 0.1) is 12.7 Å². The molecule has 1 aliphatic heterocycles. The largest absolute Gasteiger partial charge is 0.337 e. The third-order valence-corrected chi connectivity index (χ3v) is 5.20. The van der Waals surface area contributed by atoms with Crippen molar-refractivity contribution in [3.05, 3.63) is 66.1 Å². The van der Waals surface area contributed by atoms with Crippen LogP contribution in [0.2, 0.25) is 0 Å². The number of pyridine rings is 1. The number of aryl methyl sites for hydroxylation is 1. The van der Waals surface area contributed by atoms with E-state index in [4.69, 9.17) is 4.52 Å². The van der Waals surface area contributed by atoms with Gasteiger partial charge in [0.2, 0.25) is 5.89 Å². The molecule has 30 heavy (non-hydrogen) atoms. The maximum absolute atomic E-state index is 14.0. The van der Waals surface area contributed by atoms with Crippen molar-refractivity contribution >= 4 is 16.8 Å². The Labute approximate surface area is 170 Å². The summed E-state index contributed by atoms with van der Waals surface area (Å²) in [7, 11) is 0. The van der Waals surface area contributed by atoms with E-state index >= 15 is 0 Å². The molecule has 3 aromatic heterocycles. The molecular formula is C21H17FN6O2. The lowest BCUT2D eigenvalue weighted by Gasteiger charge is -2.23. The van der Waals surface area contributed by atoms with Crippen LogP contribution >= 0.6 is 0 Å². The van der Waals surface area contributed by atoms with Crippen molar-refractivity contribution in [1.29, 1.82) is 0 Å². The molecule has 1 atom stereocenters. The Morgan fingerprint density at radius 1 is 1.20 bits per heavy atom. The van der Waals surface area contributed by atoms with Gasteiger partial charge in [-0.2, -0.15) is 4.98 Å².